The van der Waals surface area contributed by atoms with Gasteiger partial charge in [-0.15, -0.1) is 11.3 Å². The van der Waals surface area contributed by atoms with E-state index in [9.17, 15) is 9.59 Å². The van der Waals surface area contributed by atoms with E-state index in [2.05, 4.69) is 9.97 Å². The van der Waals surface area contributed by atoms with Crippen molar-refractivity contribution < 1.29 is 14.7 Å². The first-order chi connectivity index (χ1) is 11.6. The van der Waals surface area contributed by atoms with Gasteiger partial charge in [-0.1, -0.05) is 0 Å². The van der Waals surface area contributed by atoms with Crippen molar-refractivity contribution in [2.24, 2.45) is 0 Å². The Bertz CT molecular complexity index is 748. The van der Waals surface area contributed by atoms with Crippen LogP contribution in [0, 0.1) is 0 Å². The summed E-state index contributed by atoms with van der Waals surface area (Å²) in [5.74, 6) is -0.107. The van der Waals surface area contributed by atoms with Crippen LogP contribution < -0.4 is 4.90 Å². The van der Waals surface area contributed by atoms with Gasteiger partial charge in [0, 0.05) is 19.6 Å². The third kappa shape index (κ3) is 3.19. The molecule has 1 atom stereocenters. The summed E-state index contributed by atoms with van der Waals surface area (Å²) < 4.78 is 0. The number of nitrogens with zero attached hydrogens (tertiary/aromatic N) is 4. The van der Waals surface area contributed by atoms with Gasteiger partial charge in [0.15, 0.2) is 0 Å². The molecule has 1 aliphatic rings. The molecule has 0 aliphatic carbocycles. The number of fused-ring (bicyclic) bond motifs is 1. The quantitative estimate of drug-likeness (QED) is 0.859. The molecule has 1 N–H and O–H groups in total. The van der Waals surface area contributed by atoms with Crippen molar-refractivity contribution in [2.45, 2.75) is 32.2 Å². The highest BCUT2D eigenvalue weighted by Crippen LogP contribution is 2.32. The standard InChI is InChI=1S/C16H20N4O3S/c1-2-19(8-5-13(21)22)16(23)12-4-3-7-20(12)14-11-6-9-24-15(11)18-10-17-14/h6,9-10,12H,2-5,7-8H2,1H3,(H,21,22). The number of carbonyl (C=O) groups is 2. The minimum atomic E-state index is -0.889. The molecule has 128 valence electrons. The number of aliphatic carboxylic acids is 1. The molecular weight excluding hydrogens is 328 g/mol. The number of carboxylic acid groups (broad SMARTS) is 1. The summed E-state index contributed by atoms with van der Waals surface area (Å²) in [6, 6.07) is 1.70. The normalized spacial score (nSPS) is 17.4. The van der Waals surface area contributed by atoms with Crippen LogP contribution in [-0.4, -0.2) is 57.5 Å². The van der Waals surface area contributed by atoms with E-state index in [0.29, 0.717) is 6.54 Å². The molecule has 0 spiro atoms. The van der Waals surface area contributed by atoms with Crippen LogP contribution in [0.1, 0.15) is 26.2 Å². The second kappa shape index (κ2) is 7.12. The number of hydrogen-bond acceptors (Lipinski definition) is 6. The Balaban J connectivity index is 1.83. The molecule has 1 fully saturated rings. The van der Waals surface area contributed by atoms with Crippen LogP contribution in [0.15, 0.2) is 17.8 Å². The summed E-state index contributed by atoms with van der Waals surface area (Å²) in [6.45, 7) is 3.40. The topological polar surface area (TPSA) is 86.6 Å². The Labute approximate surface area is 143 Å². The van der Waals surface area contributed by atoms with E-state index in [1.807, 2.05) is 23.3 Å². The third-order valence-corrected chi connectivity index (χ3v) is 5.16. The van der Waals surface area contributed by atoms with Crippen LogP contribution in [0.3, 0.4) is 0 Å². The summed E-state index contributed by atoms with van der Waals surface area (Å²) >= 11 is 1.55. The molecule has 2 aromatic rings. The summed E-state index contributed by atoms with van der Waals surface area (Å²) in [4.78, 5) is 37.0. The average molecular weight is 348 g/mol. The van der Waals surface area contributed by atoms with Gasteiger partial charge >= 0.3 is 5.97 Å². The first-order valence-corrected chi connectivity index (χ1v) is 8.95. The summed E-state index contributed by atoms with van der Waals surface area (Å²) in [5.41, 5.74) is 0. The highest BCUT2D eigenvalue weighted by molar-refractivity contribution is 7.16. The summed E-state index contributed by atoms with van der Waals surface area (Å²) in [6.07, 6.45) is 3.19. The van der Waals surface area contributed by atoms with E-state index >= 15 is 0 Å². The van der Waals surface area contributed by atoms with Gasteiger partial charge < -0.3 is 14.9 Å². The fourth-order valence-electron chi connectivity index (χ4n) is 3.15. The second-order valence-corrected chi connectivity index (χ2v) is 6.64. The van der Waals surface area contributed by atoms with E-state index < -0.39 is 5.97 Å². The molecule has 8 heteroatoms. The predicted octanol–water partition coefficient (Wildman–Crippen LogP) is 1.98. The van der Waals surface area contributed by atoms with E-state index in [1.165, 1.54) is 6.33 Å². The number of amides is 1. The summed E-state index contributed by atoms with van der Waals surface area (Å²) in [5, 5.41) is 11.8. The minimum absolute atomic E-state index is 0.0155. The second-order valence-electron chi connectivity index (χ2n) is 5.75. The lowest BCUT2D eigenvalue weighted by atomic mass is 10.1. The van der Waals surface area contributed by atoms with E-state index in [-0.39, 0.29) is 24.9 Å². The molecule has 0 aromatic carbocycles. The van der Waals surface area contributed by atoms with E-state index in [4.69, 9.17) is 5.11 Å². The molecule has 0 bridgehead atoms. The summed E-state index contributed by atoms with van der Waals surface area (Å²) in [7, 11) is 0. The van der Waals surface area contributed by atoms with Gasteiger partial charge in [-0.25, -0.2) is 9.97 Å². The molecule has 0 saturated carbocycles. The highest BCUT2D eigenvalue weighted by atomic mass is 32.1. The average Bonchev–Trinajstić information content (AvgIpc) is 3.23. The van der Waals surface area contributed by atoms with Gasteiger partial charge in [0.2, 0.25) is 5.91 Å². The maximum atomic E-state index is 12.9. The van der Waals surface area contributed by atoms with Crippen molar-refractivity contribution in [1.82, 2.24) is 14.9 Å². The molecular formula is C16H20N4O3S. The van der Waals surface area contributed by atoms with E-state index in [1.54, 1.807) is 16.2 Å². The van der Waals surface area contributed by atoms with E-state index in [0.717, 1.165) is 35.4 Å². The zero-order valence-corrected chi connectivity index (χ0v) is 14.3. The maximum Gasteiger partial charge on any atom is 0.305 e. The Morgan fingerprint density at radius 2 is 2.29 bits per heavy atom. The lowest BCUT2D eigenvalue weighted by Crippen LogP contribution is -2.46. The lowest BCUT2D eigenvalue weighted by molar-refractivity contribution is -0.138. The van der Waals surface area contributed by atoms with Crippen LogP contribution in [0.25, 0.3) is 10.2 Å². The Kier molecular flexibility index (Phi) is 4.94. The van der Waals surface area contributed by atoms with Crippen LogP contribution in [-0.2, 0) is 9.59 Å². The molecule has 24 heavy (non-hydrogen) atoms. The van der Waals surface area contributed by atoms with Gasteiger partial charge in [-0.3, -0.25) is 9.59 Å². The Morgan fingerprint density at radius 3 is 3.04 bits per heavy atom. The number of aromatic nitrogens is 2. The van der Waals surface area contributed by atoms with Crippen LogP contribution in [0.4, 0.5) is 5.82 Å². The fraction of sp³-hybridized carbons (Fsp3) is 0.500. The SMILES string of the molecule is CCN(CCC(=O)O)C(=O)C1CCCN1c1ncnc2sccc12. The molecule has 1 saturated heterocycles. The minimum Gasteiger partial charge on any atom is -0.481 e. The predicted molar refractivity (Wildman–Crippen MR) is 92.3 cm³/mol. The number of hydrogen-bond donors (Lipinski definition) is 1. The third-order valence-electron chi connectivity index (χ3n) is 4.34. The van der Waals surface area contributed by atoms with Crippen LogP contribution in [0.2, 0.25) is 0 Å². The monoisotopic (exact) mass is 348 g/mol. The van der Waals surface area contributed by atoms with Gasteiger partial charge in [-0.2, -0.15) is 0 Å². The van der Waals surface area contributed by atoms with Crippen molar-refractivity contribution in [3.63, 3.8) is 0 Å². The van der Waals surface area contributed by atoms with Crippen molar-refractivity contribution in [2.75, 3.05) is 24.5 Å². The molecule has 3 rings (SSSR count). The molecule has 2 aromatic heterocycles. The van der Waals surface area contributed by atoms with Gasteiger partial charge in [0.05, 0.1) is 11.8 Å². The lowest BCUT2D eigenvalue weighted by Gasteiger charge is -2.30. The Morgan fingerprint density at radius 1 is 1.46 bits per heavy atom. The molecule has 3 heterocycles. The number of carboxylic acids is 1. The molecule has 1 aliphatic heterocycles. The first kappa shape index (κ1) is 16.6. The van der Waals surface area contributed by atoms with Crippen molar-refractivity contribution in [3.05, 3.63) is 17.8 Å². The van der Waals surface area contributed by atoms with Crippen molar-refractivity contribution in [3.8, 4) is 0 Å². The van der Waals surface area contributed by atoms with Gasteiger partial charge in [0.1, 0.15) is 23.0 Å². The number of carbonyl (C=O) groups excluding carboxylic acids is 1. The number of thiophene rings is 1. The van der Waals surface area contributed by atoms with Gasteiger partial charge in [-0.05, 0) is 31.2 Å². The zero-order chi connectivity index (χ0) is 17.1. The Hall–Kier alpha value is -2.22. The van der Waals surface area contributed by atoms with Gasteiger partial charge in [0.25, 0.3) is 0 Å². The van der Waals surface area contributed by atoms with Crippen molar-refractivity contribution in [1.29, 1.82) is 0 Å². The fourth-order valence-corrected chi connectivity index (χ4v) is 3.88. The smallest absolute Gasteiger partial charge is 0.305 e. The number of rotatable bonds is 6. The molecule has 7 nitrogen and oxygen atoms in total. The number of anilines is 1. The highest BCUT2D eigenvalue weighted by Gasteiger charge is 2.35. The molecule has 0 radical (unpaired) electrons. The van der Waals surface area contributed by atoms with Crippen LogP contribution in [0.5, 0.6) is 0 Å². The molecule has 1 amide bonds. The maximum absolute atomic E-state index is 12.9. The largest absolute Gasteiger partial charge is 0.481 e. The molecule has 1 unspecified atom stereocenters. The van der Waals surface area contributed by atoms with Crippen molar-refractivity contribution >= 4 is 39.2 Å². The first-order valence-electron chi connectivity index (χ1n) is 8.07. The van der Waals surface area contributed by atoms with Crippen LogP contribution >= 0.6 is 11.3 Å². The number of likely N-dealkylation sites (N-methyl/N-ethyl adjacent to an activating group) is 1. The zero-order valence-electron chi connectivity index (χ0n) is 13.5.